The van der Waals surface area contributed by atoms with Gasteiger partial charge in [0, 0.05) is 5.39 Å². The molecule has 2 rings (SSSR count). The number of carboxylic acid groups (broad SMARTS) is 1. The molecule has 0 saturated carbocycles. The van der Waals surface area contributed by atoms with Crippen molar-refractivity contribution in [3.8, 4) is 0 Å². The number of fused-ring (bicyclic) bond motifs is 1. The lowest BCUT2D eigenvalue weighted by atomic mass is 10.0. The Morgan fingerprint density at radius 1 is 1.29 bits per heavy atom. The van der Waals surface area contributed by atoms with Crippen molar-refractivity contribution in [3.05, 3.63) is 40.0 Å². The molecule has 17 heavy (non-hydrogen) atoms. The Labute approximate surface area is 107 Å². The van der Waals surface area contributed by atoms with Crippen LogP contribution in [0.5, 0.6) is 0 Å². The van der Waals surface area contributed by atoms with Gasteiger partial charge in [-0.3, -0.25) is 4.79 Å². The van der Waals surface area contributed by atoms with Crippen LogP contribution in [-0.2, 0) is 4.79 Å². The Bertz CT molecular complexity index is 601. The quantitative estimate of drug-likeness (QED) is 0.823. The van der Waals surface area contributed by atoms with Crippen LogP contribution in [0, 0.1) is 0 Å². The highest BCUT2D eigenvalue weighted by atomic mass is 35.5. The van der Waals surface area contributed by atoms with E-state index in [1.807, 2.05) is 0 Å². The molecule has 0 saturated heterocycles. The van der Waals surface area contributed by atoms with E-state index in [2.05, 4.69) is 4.98 Å². The van der Waals surface area contributed by atoms with Gasteiger partial charge in [-0.1, -0.05) is 29.3 Å². The molecule has 4 nitrogen and oxygen atoms in total. The molecule has 1 atom stereocenters. The number of hydrogen-bond acceptors (Lipinski definition) is 3. The number of benzene rings is 1. The summed E-state index contributed by atoms with van der Waals surface area (Å²) in [5.74, 6) is -1.13. The zero-order valence-electron chi connectivity index (χ0n) is 8.52. The smallest absolute Gasteiger partial charge is 0.325 e. The normalized spacial score (nSPS) is 12.6. The van der Waals surface area contributed by atoms with Crippen molar-refractivity contribution in [2.75, 3.05) is 0 Å². The fourth-order valence-corrected chi connectivity index (χ4v) is 2.03. The average Bonchev–Trinajstić information content (AvgIpc) is 2.28. The van der Waals surface area contributed by atoms with Crippen LogP contribution in [-0.4, -0.2) is 16.1 Å². The van der Waals surface area contributed by atoms with Crippen molar-refractivity contribution in [1.82, 2.24) is 4.98 Å². The molecule has 1 aromatic carbocycles. The number of hydrogen-bond donors (Lipinski definition) is 2. The van der Waals surface area contributed by atoms with Crippen molar-refractivity contribution in [3.63, 3.8) is 0 Å². The predicted molar refractivity (Wildman–Crippen MR) is 66.3 cm³/mol. The monoisotopic (exact) mass is 270 g/mol. The maximum absolute atomic E-state index is 10.8. The number of aromatic nitrogens is 1. The first kappa shape index (κ1) is 12.1. The summed E-state index contributed by atoms with van der Waals surface area (Å²) in [4.78, 5) is 14.9. The fourth-order valence-electron chi connectivity index (χ4n) is 1.53. The molecule has 0 amide bonds. The minimum atomic E-state index is -1.15. The zero-order valence-corrected chi connectivity index (χ0v) is 10.0. The molecule has 1 heterocycles. The first-order valence-corrected chi connectivity index (χ1v) is 5.49. The van der Waals surface area contributed by atoms with E-state index in [0.717, 1.165) is 0 Å². The topological polar surface area (TPSA) is 76.2 Å². The first-order chi connectivity index (χ1) is 8.00. The van der Waals surface area contributed by atoms with Crippen molar-refractivity contribution in [1.29, 1.82) is 0 Å². The molecule has 0 aliphatic heterocycles. The molecule has 0 aliphatic carbocycles. The second kappa shape index (κ2) is 4.49. The van der Waals surface area contributed by atoms with Gasteiger partial charge < -0.3 is 10.8 Å². The minimum absolute atomic E-state index is 0.293. The summed E-state index contributed by atoms with van der Waals surface area (Å²) in [6.07, 6.45) is 0. The standard InChI is InChI=1S/C11H8Cl2N2O2/c12-8-4-2-5-7(15-8)3-1-6(9(5)13)10(14)11(16)17/h1-4,10H,14H2,(H,16,17). The van der Waals surface area contributed by atoms with Gasteiger partial charge in [-0.25, -0.2) is 4.98 Å². The Morgan fingerprint density at radius 2 is 2.00 bits per heavy atom. The average molecular weight is 271 g/mol. The first-order valence-electron chi connectivity index (χ1n) is 4.73. The third-order valence-corrected chi connectivity index (χ3v) is 3.03. The van der Waals surface area contributed by atoms with Crippen molar-refractivity contribution in [2.45, 2.75) is 6.04 Å². The molecule has 0 aliphatic rings. The van der Waals surface area contributed by atoms with Crippen molar-refractivity contribution >= 4 is 40.1 Å². The number of halogens is 2. The van der Waals surface area contributed by atoms with E-state index in [1.165, 1.54) is 0 Å². The van der Waals surface area contributed by atoms with Crippen molar-refractivity contribution < 1.29 is 9.90 Å². The molecule has 0 radical (unpaired) electrons. The molecule has 0 spiro atoms. The van der Waals surface area contributed by atoms with Gasteiger partial charge in [0.2, 0.25) is 0 Å². The molecular formula is C11H8Cl2N2O2. The molecular weight excluding hydrogens is 263 g/mol. The maximum atomic E-state index is 10.8. The van der Waals surface area contributed by atoms with Crippen LogP contribution in [0.15, 0.2) is 24.3 Å². The maximum Gasteiger partial charge on any atom is 0.325 e. The lowest BCUT2D eigenvalue weighted by Gasteiger charge is -2.11. The predicted octanol–water partition coefficient (Wildman–Crippen LogP) is 2.63. The summed E-state index contributed by atoms with van der Waals surface area (Å²) in [6.45, 7) is 0. The summed E-state index contributed by atoms with van der Waals surface area (Å²) in [5, 5.41) is 10.1. The fraction of sp³-hybridized carbons (Fsp3) is 0.0909. The number of carboxylic acids is 1. The van der Waals surface area contributed by atoms with Gasteiger partial charge in [0.1, 0.15) is 11.2 Å². The largest absolute Gasteiger partial charge is 0.480 e. The Morgan fingerprint density at radius 3 is 2.65 bits per heavy atom. The summed E-state index contributed by atoms with van der Waals surface area (Å²) in [6, 6.07) is 5.32. The molecule has 2 aromatic rings. The third kappa shape index (κ3) is 2.20. The Kier molecular flexibility index (Phi) is 3.19. The Balaban J connectivity index is 2.66. The van der Waals surface area contributed by atoms with Crippen molar-refractivity contribution in [2.24, 2.45) is 5.73 Å². The van der Waals surface area contributed by atoms with E-state index < -0.39 is 12.0 Å². The van der Waals surface area contributed by atoms with E-state index in [1.54, 1.807) is 24.3 Å². The van der Waals surface area contributed by atoms with Gasteiger partial charge in [-0.2, -0.15) is 0 Å². The van der Waals surface area contributed by atoms with Crippen LogP contribution in [0.1, 0.15) is 11.6 Å². The van der Waals surface area contributed by atoms with E-state index in [9.17, 15) is 4.79 Å². The van der Waals surface area contributed by atoms with Gasteiger partial charge in [0.25, 0.3) is 0 Å². The van der Waals surface area contributed by atoms with E-state index in [4.69, 9.17) is 34.0 Å². The van der Waals surface area contributed by atoms with Gasteiger partial charge in [-0.05, 0) is 23.8 Å². The van der Waals surface area contributed by atoms with Gasteiger partial charge in [0.05, 0.1) is 10.5 Å². The lowest BCUT2D eigenvalue weighted by Crippen LogP contribution is -2.21. The third-order valence-electron chi connectivity index (χ3n) is 2.40. The number of rotatable bonds is 2. The summed E-state index contributed by atoms with van der Waals surface area (Å²) in [7, 11) is 0. The molecule has 1 aromatic heterocycles. The molecule has 0 bridgehead atoms. The zero-order chi connectivity index (χ0) is 12.6. The molecule has 1 unspecified atom stereocenters. The van der Waals surface area contributed by atoms with Crippen LogP contribution >= 0.6 is 23.2 Å². The highest BCUT2D eigenvalue weighted by Gasteiger charge is 2.19. The second-order valence-electron chi connectivity index (χ2n) is 3.49. The van der Waals surface area contributed by atoms with Crippen LogP contribution in [0.4, 0.5) is 0 Å². The number of carbonyl (C=O) groups is 1. The molecule has 88 valence electrons. The summed E-state index contributed by atoms with van der Waals surface area (Å²) < 4.78 is 0. The van der Waals surface area contributed by atoms with E-state index >= 15 is 0 Å². The molecule has 3 N–H and O–H groups in total. The number of pyridine rings is 1. The van der Waals surface area contributed by atoms with Crippen LogP contribution in [0.3, 0.4) is 0 Å². The van der Waals surface area contributed by atoms with Gasteiger partial charge >= 0.3 is 5.97 Å². The van der Waals surface area contributed by atoms with E-state index in [-0.39, 0.29) is 0 Å². The summed E-state index contributed by atoms with van der Waals surface area (Å²) >= 11 is 11.9. The number of nitrogens with two attached hydrogens (primary N) is 1. The SMILES string of the molecule is NC(C(=O)O)c1ccc2nc(Cl)ccc2c1Cl. The van der Waals surface area contributed by atoms with Gasteiger partial charge in [0.15, 0.2) is 0 Å². The molecule has 0 fully saturated rings. The number of nitrogens with zero attached hydrogens (tertiary/aromatic N) is 1. The van der Waals surface area contributed by atoms with Crippen LogP contribution in [0.25, 0.3) is 10.9 Å². The number of aliphatic carboxylic acids is 1. The minimum Gasteiger partial charge on any atom is -0.480 e. The highest BCUT2D eigenvalue weighted by Crippen LogP contribution is 2.30. The lowest BCUT2D eigenvalue weighted by molar-refractivity contribution is -0.138. The van der Waals surface area contributed by atoms with Crippen LogP contribution < -0.4 is 5.73 Å². The van der Waals surface area contributed by atoms with Crippen LogP contribution in [0.2, 0.25) is 10.2 Å². The summed E-state index contributed by atoms with van der Waals surface area (Å²) in [5.41, 5.74) is 6.49. The molecule has 6 heteroatoms. The van der Waals surface area contributed by atoms with Gasteiger partial charge in [-0.15, -0.1) is 0 Å². The highest BCUT2D eigenvalue weighted by molar-refractivity contribution is 6.36. The Hall–Kier alpha value is -1.36. The van der Waals surface area contributed by atoms with E-state index in [0.29, 0.717) is 26.6 Å². The second-order valence-corrected chi connectivity index (χ2v) is 4.25.